The first-order valence-electron chi connectivity index (χ1n) is 7.16. The molecule has 23 heavy (non-hydrogen) atoms. The topological polar surface area (TPSA) is 125 Å². The molecule has 0 saturated carbocycles. The average molecular weight is 336 g/mol. The fourth-order valence-electron chi connectivity index (χ4n) is 1.73. The molecule has 1 rings (SSSR count). The molecule has 0 saturated heterocycles. The number of sulfonamides is 1. The predicted molar refractivity (Wildman–Crippen MR) is 87.7 cm³/mol. The maximum atomic E-state index is 12.0. The van der Waals surface area contributed by atoms with Crippen LogP contribution in [0, 0.1) is 11.3 Å². The highest BCUT2D eigenvalue weighted by Crippen LogP contribution is 2.13. The maximum absolute atomic E-state index is 12.0. The maximum Gasteiger partial charge on any atom is 0.267 e. The number of benzene rings is 1. The highest BCUT2D eigenvalue weighted by atomic mass is 32.2. The predicted octanol–water partition coefficient (Wildman–Crippen LogP) is 1.46. The first-order valence-corrected chi connectivity index (χ1v) is 8.71. The highest BCUT2D eigenvalue weighted by Gasteiger charge is 2.11. The number of nitrogens with one attached hydrogen (secondary N) is 2. The monoisotopic (exact) mass is 336 g/mol. The van der Waals surface area contributed by atoms with E-state index < -0.39 is 15.9 Å². The van der Waals surface area contributed by atoms with Crippen LogP contribution in [0.2, 0.25) is 0 Å². The molecule has 7 nitrogen and oxygen atoms in total. The molecule has 0 aliphatic rings. The van der Waals surface area contributed by atoms with Crippen molar-refractivity contribution >= 4 is 21.6 Å². The van der Waals surface area contributed by atoms with Gasteiger partial charge in [0.15, 0.2) is 0 Å². The van der Waals surface area contributed by atoms with Crippen LogP contribution >= 0.6 is 0 Å². The van der Waals surface area contributed by atoms with Crippen molar-refractivity contribution < 1.29 is 13.2 Å². The van der Waals surface area contributed by atoms with E-state index in [4.69, 9.17) is 10.4 Å². The van der Waals surface area contributed by atoms with Gasteiger partial charge in [-0.05, 0) is 30.7 Å². The zero-order valence-electron chi connectivity index (χ0n) is 12.9. The lowest BCUT2D eigenvalue weighted by molar-refractivity contribution is -0.112. The largest absolute Gasteiger partial charge is 0.390 e. The number of carbonyl (C=O) groups is 1. The van der Waals surface area contributed by atoms with Gasteiger partial charge in [0.05, 0.1) is 4.90 Å². The Morgan fingerprint density at radius 1 is 1.30 bits per heavy atom. The number of nitrogens with two attached hydrogens (primary N) is 1. The Bertz CT molecular complexity index is 703. The SMILES string of the molecule is CCCCCN/C=C(/C#N)C(=O)Nc1ccc(S(N)(=O)=O)cc1. The van der Waals surface area contributed by atoms with Crippen molar-refractivity contribution in [1.82, 2.24) is 5.32 Å². The van der Waals surface area contributed by atoms with Crippen molar-refractivity contribution in [2.75, 3.05) is 11.9 Å². The number of hydrogen-bond acceptors (Lipinski definition) is 5. The number of amides is 1. The summed E-state index contributed by atoms with van der Waals surface area (Å²) in [6.45, 7) is 2.78. The smallest absolute Gasteiger partial charge is 0.267 e. The van der Waals surface area contributed by atoms with Crippen LogP contribution in [-0.4, -0.2) is 20.9 Å². The summed E-state index contributed by atoms with van der Waals surface area (Å²) in [6, 6.07) is 7.19. The van der Waals surface area contributed by atoms with Crippen LogP contribution in [0.1, 0.15) is 26.2 Å². The van der Waals surface area contributed by atoms with Crippen molar-refractivity contribution in [3.05, 3.63) is 36.0 Å². The molecule has 0 spiro atoms. The number of rotatable bonds is 8. The van der Waals surface area contributed by atoms with Crippen LogP contribution in [0.15, 0.2) is 40.9 Å². The van der Waals surface area contributed by atoms with E-state index in [0.29, 0.717) is 12.2 Å². The van der Waals surface area contributed by atoms with Crippen LogP contribution in [0.25, 0.3) is 0 Å². The molecule has 8 heteroatoms. The molecular formula is C15H20N4O3S. The van der Waals surface area contributed by atoms with Gasteiger partial charge in [-0.25, -0.2) is 13.6 Å². The summed E-state index contributed by atoms with van der Waals surface area (Å²) in [7, 11) is -3.78. The highest BCUT2D eigenvalue weighted by molar-refractivity contribution is 7.89. The van der Waals surface area contributed by atoms with Gasteiger partial charge in [0.2, 0.25) is 10.0 Å². The van der Waals surface area contributed by atoms with Gasteiger partial charge in [0.25, 0.3) is 5.91 Å². The molecular weight excluding hydrogens is 316 g/mol. The number of unbranched alkanes of at least 4 members (excludes halogenated alkanes) is 2. The lowest BCUT2D eigenvalue weighted by Gasteiger charge is -2.06. The molecule has 0 aliphatic heterocycles. The van der Waals surface area contributed by atoms with E-state index in [1.54, 1.807) is 0 Å². The number of anilines is 1. The fraction of sp³-hybridized carbons (Fsp3) is 0.333. The van der Waals surface area contributed by atoms with Crippen molar-refractivity contribution in [3.63, 3.8) is 0 Å². The van der Waals surface area contributed by atoms with Gasteiger partial charge in [-0.15, -0.1) is 0 Å². The average Bonchev–Trinajstić information content (AvgIpc) is 2.50. The van der Waals surface area contributed by atoms with Gasteiger partial charge < -0.3 is 10.6 Å². The summed E-state index contributed by atoms with van der Waals surface area (Å²) in [5, 5.41) is 19.4. The molecule has 0 unspecified atom stereocenters. The lowest BCUT2D eigenvalue weighted by atomic mass is 10.2. The number of nitriles is 1. The Kier molecular flexibility index (Phi) is 7.25. The summed E-state index contributed by atoms with van der Waals surface area (Å²) >= 11 is 0. The molecule has 124 valence electrons. The zero-order valence-corrected chi connectivity index (χ0v) is 13.7. The molecule has 0 heterocycles. The Labute approximate surface area is 136 Å². The molecule has 0 fully saturated rings. The van der Waals surface area contributed by atoms with Gasteiger partial charge >= 0.3 is 0 Å². The summed E-state index contributed by atoms with van der Waals surface area (Å²) in [6.07, 6.45) is 4.50. The second kappa shape index (κ2) is 8.92. The Balaban J connectivity index is 2.66. The van der Waals surface area contributed by atoms with Gasteiger partial charge in [-0.3, -0.25) is 4.79 Å². The summed E-state index contributed by atoms with van der Waals surface area (Å²) in [5.74, 6) is -0.571. The van der Waals surface area contributed by atoms with E-state index in [2.05, 4.69) is 17.6 Å². The minimum Gasteiger partial charge on any atom is -0.390 e. The number of nitrogens with zero attached hydrogens (tertiary/aromatic N) is 1. The van der Waals surface area contributed by atoms with Crippen LogP contribution in [0.4, 0.5) is 5.69 Å². The van der Waals surface area contributed by atoms with E-state index in [1.165, 1.54) is 30.5 Å². The van der Waals surface area contributed by atoms with E-state index in [-0.39, 0.29) is 10.5 Å². The number of primary sulfonamides is 1. The molecule has 0 radical (unpaired) electrons. The van der Waals surface area contributed by atoms with Crippen LogP contribution in [0.5, 0.6) is 0 Å². The first-order chi connectivity index (χ1) is 10.9. The molecule has 1 aromatic rings. The normalized spacial score (nSPS) is 11.6. The zero-order chi connectivity index (χ0) is 17.3. The molecule has 0 atom stereocenters. The van der Waals surface area contributed by atoms with Crippen LogP contribution in [-0.2, 0) is 14.8 Å². The molecule has 1 amide bonds. The summed E-state index contributed by atoms with van der Waals surface area (Å²) < 4.78 is 22.3. The Morgan fingerprint density at radius 3 is 2.48 bits per heavy atom. The van der Waals surface area contributed by atoms with Crippen molar-refractivity contribution in [2.45, 2.75) is 31.1 Å². The van der Waals surface area contributed by atoms with E-state index in [0.717, 1.165) is 19.3 Å². The van der Waals surface area contributed by atoms with E-state index >= 15 is 0 Å². The molecule has 1 aromatic carbocycles. The van der Waals surface area contributed by atoms with Crippen molar-refractivity contribution in [2.24, 2.45) is 5.14 Å². The molecule has 0 aromatic heterocycles. The van der Waals surface area contributed by atoms with Gasteiger partial charge in [0.1, 0.15) is 11.6 Å². The number of hydrogen-bond donors (Lipinski definition) is 3. The minimum atomic E-state index is -3.78. The van der Waals surface area contributed by atoms with E-state index in [9.17, 15) is 13.2 Å². The van der Waals surface area contributed by atoms with Gasteiger partial charge in [-0.1, -0.05) is 19.8 Å². The molecule has 0 bridgehead atoms. The first kappa shape index (κ1) is 18.7. The Morgan fingerprint density at radius 2 is 1.96 bits per heavy atom. The summed E-state index contributed by atoms with van der Waals surface area (Å²) in [5.41, 5.74) is 0.312. The number of carbonyl (C=O) groups excluding carboxylic acids is 1. The lowest BCUT2D eigenvalue weighted by Crippen LogP contribution is -2.17. The van der Waals surface area contributed by atoms with Gasteiger partial charge in [0, 0.05) is 18.4 Å². The summed E-state index contributed by atoms with van der Waals surface area (Å²) in [4.78, 5) is 11.9. The van der Waals surface area contributed by atoms with Crippen LogP contribution < -0.4 is 15.8 Å². The third kappa shape index (κ3) is 6.50. The molecule has 4 N–H and O–H groups in total. The standard InChI is InChI=1S/C15H20N4O3S/c1-2-3-4-9-18-11-12(10-16)15(20)19-13-5-7-14(8-6-13)23(17,21)22/h5-8,11,18H,2-4,9H2,1H3,(H,19,20)(H2,17,21,22)/b12-11-. The second-order valence-electron chi connectivity index (χ2n) is 4.85. The minimum absolute atomic E-state index is 0.0517. The van der Waals surface area contributed by atoms with Crippen molar-refractivity contribution in [3.8, 4) is 6.07 Å². The third-order valence-corrected chi connectivity index (χ3v) is 3.91. The second-order valence-corrected chi connectivity index (χ2v) is 6.42. The van der Waals surface area contributed by atoms with Crippen LogP contribution in [0.3, 0.4) is 0 Å². The fourth-order valence-corrected chi connectivity index (χ4v) is 2.24. The quantitative estimate of drug-likeness (QED) is 0.376. The van der Waals surface area contributed by atoms with E-state index in [1.807, 2.05) is 6.07 Å². The van der Waals surface area contributed by atoms with Gasteiger partial charge in [-0.2, -0.15) is 5.26 Å². The van der Waals surface area contributed by atoms with Crippen molar-refractivity contribution in [1.29, 1.82) is 5.26 Å². The molecule has 0 aliphatic carbocycles. The Hall–Kier alpha value is -2.37. The third-order valence-electron chi connectivity index (χ3n) is 2.98.